The molecule has 5 heteroatoms. The second-order valence-corrected chi connectivity index (χ2v) is 5.53. The van der Waals surface area contributed by atoms with Crippen molar-refractivity contribution in [1.29, 1.82) is 0 Å². The Balaban J connectivity index is 2.50. The summed E-state index contributed by atoms with van der Waals surface area (Å²) >= 11 is 1.69. The lowest BCUT2D eigenvalue weighted by Crippen LogP contribution is -2.37. The molecular formula is C15H21NO3S. The standard InChI is InChI=1S/C15H21NO3S/c1-20-11-5-8-14(17)16(12-15(18)19)10-9-13-6-3-2-4-7-13/h2-4,6-7H,5,8-12H2,1H3,(H,18,19). The Labute approximate surface area is 124 Å². The van der Waals surface area contributed by atoms with Gasteiger partial charge in [-0.15, -0.1) is 0 Å². The van der Waals surface area contributed by atoms with Gasteiger partial charge in [0.05, 0.1) is 0 Å². The van der Waals surface area contributed by atoms with Crippen molar-refractivity contribution in [3.05, 3.63) is 35.9 Å². The SMILES string of the molecule is CSCCCC(=O)N(CCc1ccccc1)CC(=O)O. The molecule has 0 atom stereocenters. The molecule has 0 unspecified atom stereocenters. The lowest BCUT2D eigenvalue weighted by molar-refractivity contribution is -0.144. The molecule has 0 radical (unpaired) electrons. The van der Waals surface area contributed by atoms with Crippen LogP contribution in [0.2, 0.25) is 0 Å². The lowest BCUT2D eigenvalue weighted by atomic mass is 10.1. The van der Waals surface area contributed by atoms with Crippen molar-refractivity contribution < 1.29 is 14.7 Å². The van der Waals surface area contributed by atoms with Gasteiger partial charge in [0.2, 0.25) is 5.91 Å². The Morgan fingerprint density at radius 3 is 2.55 bits per heavy atom. The number of benzene rings is 1. The highest BCUT2D eigenvalue weighted by molar-refractivity contribution is 7.98. The quantitative estimate of drug-likeness (QED) is 0.710. The van der Waals surface area contributed by atoms with Gasteiger partial charge >= 0.3 is 5.97 Å². The van der Waals surface area contributed by atoms with Crippen LogP contribution >= 0.6 is 11.8 Å². The summed E-state index contributed by atoms with van der Waals surface area (Å²) in [4.78, 5) is 24.3. The van der Waals surface area contributed by atoms with Crippen LogP contribution in [0.3, 0.4) is 0 Å². The van der Waals surface area contributed by atoms with E-state index in [0.29, 0.717) is 19.4 Å². The Morgan fingerprint density at radius 1 is 1.25 bits per heavy atom. The van der Waals surface area contributed by atoms with Gasteiger partial charge in [0.1, 0.15) is 6.54 Å². The molecule has 0 aliphatic carbocycles. The second-order valence-electron chi connectivity index (χ2n) is 4.54. The number of rotatable bonds is 9. The topological polar surface area (TPSA) is 57.6 Å². The number of thioether (sulfide) groups is 1. The third-order valence-electron chi connectivity index (χ3n) is 2.93. The molecule has 0 aliphatic rings. The predicted molar refractivity (Wildman–Crippen MR) is 82.0 cm³/mol. The molecule has 0 spiro atoms. The highest BCUT2D eigenvalue weighted by Crippen LogP contribution is 2.06. The molecule has 1 aromatic carbocycles. The van der Waals surface area contributed by atoms with Crippen LogP contribution in [0.15, 0.2) is 30.3 Å². The molecule has 1 N–H and O–H groups in total. The van der Waals surface area contributed by atoms with Crippen molar-refractivity contribution in [3.63, 3.8) is 0 Å². The summed E-state index contributed by atoms with van der Waals surface area (Å²) in [7, 11) is 0. The predicted octanol–water partition coefficient (Wildman–Crippen LogP) is 2.29. The molecule has 0 aliphatic heterocycles. The summed E-state index contributed by atoms with van der Waals surface area (Å²) in [6, 6.07) is 9.79. The van der Waals surface area contributed by atoms with Gasteiger partial charge in [-0.05, 0) is 30.4 Å². The second kappa shape index (κ2) is 9.42. The molecule has 110 valence electrons. The van der Waals surface area contributed by atoms with Gasteiger partial charge in [-0.1, -0.05) is 30.3 Å². The molecule has 20 heavy (non-hydrogen) atoms. The monoisotopic (exact) mass is 295 g/mol. The van der Waals surface area contributed by atoms with Gasteiger partial charge in [0.25, 0.3) is 0 Å². The first-order chi connectivity index (χ1) is 9.63. The van der Waals surface area contributed by atoms with Gasteiger partial charge < -0.3 is 10.0 Å². The van der Waals surface area contributed by atoms with Crippen LogP contribution in [0.1, 0.15) is 18.4 Å². The summed E-state index contributed by atoms with van der Waals surface area (Å²) in [6.07, 6.45) is 3.89. The average Bonchev–Trinajstić information content (AvgIpc) is 2.44. The number of nitrogens with zero attached hydrogens (tertiary/aromatic N) is 1. The summed E-state index contributed by atoms with van der Waals surface area (Å²) in [5.41, 5.74) is 1.11. The van der Waals surface area contributed by atoms with E-state index in [9.17, 15) is 9.59 Å². The van der Waals surface area contributed by atoms with Crippen LogP contribution in [0.25, 0.3) is 0 Å². The van der Waals surface area contributed by atoms with Crippen LogP contribution < -0.4 is 0 Å². The molecule has 0 aromatic heterocycles. The van der Waals surface area contributed by atoms with Gasteiger partial charge in [0, 0.05) is 13.0 Å². The maximum Gasteiger partial charge on any atom is 0.323 e. The van der Waals surface area contributed by atoms with E-state index in [4.69, 9.17) is 5.11 Å². The molecular weight excluding hydrogens is 274 g/mol. The van der Waals surface area contributed by atoms with Gasteiger partial charge in [-0.25, -0.2) is 0 Å². The fourth-order valence-electron chi connectivity index (χ4n) is 1.89. The molecule has 0 heterocycles. The number of amides is 1. The van der Waals surface area contributed by atoms with Crippen LogP contribution in [0, 0.1) is 0 Å². The largest absolute Gasteiger partial charge is 0.480 e. The molecule has 1 amide bonds. The van der Waals surface area contributed by atoms with Crippen molar-refractivity contribution >= 4 is 23.6 Å². The van der Waals surface area contributed by atoms with E-state index in [1.165, 1.54) is 4.90 Å². The van der Waals surface area contributed by atoms with Crippen molar-refractivity contribution in [2.75, 3.05) is 25.1 Å². The maximum absolute atomic E-state index is 12.0. The van der Waals surface area contributed by atoms with Gasteiger partial charge in [-0.2, -0.15) is 11.8 Å². The third-order valence-corrected chi connectivity index (χ3v) is 3.63. The van der Waals surface area contributed by atoms with E-state index in [-0.39, 0.29) is 12.5 Å². The summed E-state index contributed by atoms with van der Waals surface area (Å²) in [5.74, 6) is -0.112. The highest BCUT2D eigenvalue weighted by Gasteiger charge is 2.16. The van der Waals surface area contributed by atoms with E-state index in [2.05, 4.69) is 0 Å². The summed E-state index contributed by atoms with van der Waals surface area (Å²) in [5, 5.41) is 8.90. The Hall–Kier alpha value is -1.49. The number of aliphatic carboxylic acids is 1. The Bertz CT molecular complexity index is 422. The zero-order valence-electron chi connectivity index (χ0n) is 11.7. The summed E-state index contributed by atoms with van der Waals surface area (Å²) < 4.78 is 0. The van der Waals surface area contributed by atoms with E-state index in [0.717, 1.165) is 17.7 Å². The van der Waals surface area contributed by atoms with Crippen molar-refractivity contribution in [3.8, 4) is 0 Å². The van der Waals surface area contributed by atoms with Crippen LogP contribution in [0.5, 0.6) is 0 Å². The molecule has 1 aromatic rings. The number of carboxylic acids is 1. The van der Waals surface area contributed by atoms with Crippen molar-refractivity contribution in [1.82, 2.24) is 4.90 Å². The minimum atomic E-state index is -0.962. The van der Waals surface area contributed by atoms with Crippen LogP contribution in [-0.4, -0.2) is 47.0 Å². The van der Waals surface area contributed by atoms with E-state index in [1.54, 1.807) is 11.8 Å². The number of carbonyl (C=O) groups excluding carboxylic acids is 1. The molecule has 0 saturated heterocycles. The first-order valence-electron chi connectivity index (χ1n) is 6.66. The fourth-order valence-corrected chi connectivity index (χ4v) is 2.32. The van der Waals surface area contributed by atoms with Crippen LogP contribution in [-0.2, 0) is 16.0 Å². The van der Waals surface area contributed by atoms with Crippen LogP contribution in [0.4, 0.5) is 0 Å². The number of carboxylic acid groups (broad SMARTS) is 1. The molecule has 1 rings (SSSR count). The zero-order chi connectivity index (χ0) is 14.8. The average molecular weight is 295 g/mol. The van der Waals surface area contributed by atoms with E-state index < -0.39 is 5.97 Å². The molecule has 0 fully saturated rings. The van der Waals surface area contributed by atoms with Gasteiger partial charge in [0.15, 0.2) is 0 Å². The number of hydrogen-bond donors (Lipinski definition) is 1. The summed E-state index contributed by atoms with van der Waals surface area (Å²) in [6.45, 7) is 0.235. The third kappa shape index (κ3) is 6.61. The Kier molecular flexibility index (Phi) is 7.80. The maximum atomic E-state index is 12.0. The fraction of sp³-hybridized carbons (Fsp3) is 0.467. The number of carbonyl (C=O) groups is 2. The van der Waals surface area contributed by atoms with E-state index >= 15 is 0 Å². The Morgan fingerprint density at radius 2 is 1.95 bits per heavy atom. The smallest absolute Gasteiger partial charge is 0.323 e. The van der Waals surface area contributed by atoms with Crippen molar-refractivity contribution in [2.24, 2.45) is 0 Å². The molecule has 0 saturated carbocycles. The minimum Gasteiger partial charge on any atom is -0.480 e. The molecule has 4 nitrogen and oxygen atoms in total. The minimum absolute atomic E-state index is 0.0719. The van der Waals surface area contributed by atoms with Gasteiger partial charge in [-0.3, -0.25) is 9.59 Å². The highest BCUT2D eigenvalue weighted by atomic mass is 32.2. The lowest BCUT2D eigenvalue weighted by Gasteiger charge is -2.20. The normalized spacial score (nSPS) is 10.2. The number of hydrogen-bond acceptors (Lipinski definition) is 3. The molecule has 0 bridgehead atoms. The first kappa shape index (κ1) is 16.6. The zero-order valence-corrected chi connectivity index (χ0v) is 12.6. The van der Waals surface area contributed by atoms with Crippen molar-refractivity contribution in [2.45, 2.75) is 19.3 Å². The van der Waals surface area contributed by atoms with E-state index in [1.807, 2.05) is 36.6 Å². The first-order valence-corrected chi connectivity index (χ1v) is 8.05.